The number of sulfone groups is 1. The van der Waals surface area contributed by atoms with Gasteiger partial charge >= 0.3 is 5.70 Å². The Balaban J connectivity index is 2.42. The van der Waals surface area contributed by atoms with E-state index in [0.717, 1.165) is 0 Å². The summed E-state index contributed by atoms with van der Waals surface area (Å²) >= 11 is 0. The Bertz CT molecular complexity index is 909. The van der Waals surface area contributed by atoms with Crippen molar-refractivity contribution in [3.05, 3.63) is 59.8 Å². The minimum atomic E-state index is -3.52. The molecule has 7 heteroatoms. The van der Waals surface area contributed by atoms with Crippen LogP contribution in [0.2, 0.25) is 0 Å². The van der Waals surface area contributed by atoms with Crippen LogP contribution in [0.5, 0.6) is 5.75 Å². The molecule has 1 heterocycles. The van der Waals surface area contributed by atoms with Gasteiger partial charge in [0, 0.05) is 11.6 Å². The van der Waals surface area contributed by atoms with E-state index in [9.17, 15) is 8.42 Å². The number of rotatable bonds is 5. The maximum atomic E-state index is 12.4. The highest BCUT2D eigenvalue weighted by Crippen LogP contribution is 2.22. The van der Waals surface area contributed by atoms with Crippen LogP contribution in [-0.2, 0) is 15.6 Å². The highest BCUT2D eigenvalue weighted by Gasteiger charge is 2.20. The monoisotopic (exact) mass is 327 g/mol. The Morgan fingerprint density at radius 3 is 2.57 bits per heavy atom. The summed E-state index contributed by atoms with van der Waals surface area (Å²) in [7, 11) is -2.12. The summed E-state index contributed by atoms with van der Waals surface area (Å²) in [6, 6.07) is 11.4. The molecule has 1 aromatic heterocycles. The first kappa shape index (κ1) is 16.4. The van der Waals surface area contributed by atoms with Gasteiger partial charge in [0.2, 0.25) is 6.20 Å². The third kappa shape index (κ3) is 3.64. The van der Waals surface area contributed by atoms with Gasteiger partial charge in [-0.05, 0) is 12.1 Å². The van der Waals surface area contributed by atoms with Crippen LogP contribution in [-0.4, -0.2) is 21.4 Å². The van der Waals surface area contributed by atoms with E-state index in [0.29, 0.717) is 5.56 Å². The minimum absolute atomic E-state index is 0.138. The van der Waals surface area contributed by atoms with Crippen LogP contribution in [0.3, 0.4) is 0 Å². The van der Waals surface area contributed by atoms with Crippen molar-refractivity contribution in [3.8, 4) is 11.8 Å². The smallest absolute Gasteiger partial charge is 0.309 e. The fourth-order valence-corrected chi connectivity index (χ4v) is 3.39. The second kappa shape index (κ2) is 6.88. The maximum Gasteiger partial charge on any atom is 0.309 e. The molecule has 0 N–H and O–H groups in total. The first-order valence-electron chi connectivity index (χ1n) is 6.55. The average Bonchev–Trinajstić information content (AvgIpc) is 2.57. The molecule has 2 rings (SSSR count). The lowest BCUT2D eigenvalue weighted by atomic mass is 10.2. The predicted molar refractivity (Wildman–Crippen MR) is 84.2 cm³/mol. The average molecular weight is 327 g/mol. The molecule has 0 radical (unpaired) electrons. The van der Waals surface area contributed by atoms with Gasteiger partial charge in [0.1, 0.15) is 0 Å². The lowest BCUT2D eigenvalue weighted by molar-refractivity contribution is -0.576. The Labute approximate surface area is 134 Å². The quantitative estimate of drug-likeness (QED) is 0.473. The third-order valence-electron chi connectivity index (χ3n) is 3.15. The van der Waals surface area contributed by atoms with E-state index in [-0.39, 0.29) is 22.1 Å². The molecule has 0 unspecified atom stereocenters. The first-order valence-corrected chi connectivity index (χ1v) is 8.20. The number of aromatic nitrogens is 1. The number of nitriles is 1. The first-order chi connectivity index (χ1) is 11.0. The molecule has 2 aromatic rings. The number of methoxy groups -OCH3 is 1. The molecule has 116 valence electrons. The lowest BCUT2D eigenvalue weighted by Crippen LogP contribution is -2.31. The van der Waals surface area contributed by atoms with Gasteiger partial charge in [-0.25, -0.2) is 8.42 Å². The number of allylic oxidation sites excluding steroid dienone is 1. The van der Waals surface area contributed by atoms with Gasteiger partial charge in [0.25, 0.3) is 0 Å². The summed E-state index contributed by atoms with van der Waals surface area (Å²) in [5.74, 6) is 1.80. The van der Waals surface area contributed by atoms with Crippen molar-refractivity contribution in [3.63, 3.8) is 0 Å². The summed E-state index contributed by atoms with van der Waals surface area (Å²) in [6.45, 7) is 0. The topological polar surface area (TPSA) is 93.3 Å². The van der Waals surface area contributed by atoms with Crippen LogP contribution >= 0.6 is 0 Å². The van der Waals surface area contributed by atoms with Crippen molar-refractivity contribution < 1.29 is 17.7 Å². The zero-order valence-electron chi connectivity index (χ0n) is 12.3. The van der Waals surface area contributed by atoms with Crippen LogP contribution in [0, 0.1) is 11.3 Å². The molecule has 0 spiro atoms. The molecule has 0 fully saturated rings. The largest absolute Gasteiger partial charge is 0.757 e. The van der Waals surface area contributed by atoms with Crippen molar-refractivity contribution in [2.45, 2.75) is 10.6 Å². The van der Waals surface area contributed by atoms with E-state index < -0.39 is 9.84 Å². The molecule has 0 saturated heterocycles. The molecular weight excluding hydrogens is 314 g/mol. The summed E-state index contributed by atoms with van der Waals surface area (Å²) in [5, 5.41) is 17.8. The zero-order chi connectivity index (χ0) is 16.9. The summed E-state index contributed by atoms with van der Waals surface area (Å²) in [5.41, 5.74) is 0.309. The zero-order valence-corrected chi connectivity index (χ0v) is 13.1. The van der Waals surface area contributed by atoms with Gasteiger partial charge in [-0.1, -0.05) is 18.2 Å². The molecule has 0 saturated carbocycles. The molecule has 23 heavy (non-hydrogen) atoms. The SMILES string of the molecule is COc1c[n+](C(=C=[N-])C#N)ccc1CS(=O)(=O)c1ccccc1. The van der Waals surface area contributed by atoms with Gasteiger partial charge in [-0.3, -0.25) is 0 Å². The van der Waals surface area contributed by atoms with Crippen LogP contribution in [0.4, 0.5) is 0 Å². The highest BCUT2D eigenvalue weighted by atomic mass is 32.2. The Morgan fingerprint density at radius 2 is 2.00 bits per heavy atom. The standard InChI is InChI=1S/C16H13N3O3S/c1-22-16-11-19(14(9-17)10-18)8-7-13(16)12-23(20,21)15-5-3-2-4-6-15/h2-8,11H,12H2,1H3. The molecule has 0 bridgehead atoms. The Kier molecular flexibility index (Phi) is 4.91. The number of pyridine rings is 1. The minimum Gasteiger partial charge on any atom is -0.757 e. The van der Waals surface area contributed by atoms with Crippen molar-refractivity contribution in [1.29, 1.82) is 5.26 Å². The summed E-state index contributed by atoms with van der Waals surface area (Å²) in [6.07, 6.45) is 2.87. The highest BCUT2D eigenvalue weighted by molar-refractivity contribution is 7.90. The molecule has 0 amide bonds. The number of benzene rings is 1. The lowest BCUT2D eigenvalue weighted by Gasteiger charge is -2.08. The van der Waals surface area contributed by atoms with E-state index in [1.807, 2.05) is 0 Å². The van der Waals surface area contributed by atoms with E-state index in [2.05, 4.69) is 0 Å². The van der Waals surface area contributed by atoms with Crippen molar-refractivity contribution in [2.75, 3.05) is 7.11 Å². The van der Waals surface area contributed by atoms with Crippen LogP contribution in [0.25, 0.3) is 11.1 Å². The van der Waals surface area contributed by atoms with Gasteiger partial charge in [0.05, 0.1) is 17.8 Å². The second-order valence-corrected chi connectivity index (χ2v) is 6.58. The Morgan fingerprint density at radius 1 is 1.30 bits per heavy atom. The molecule has 0 aliphatic carbocycles. The van der Waals surface area contributed by atoms with E-state index in [1.165, 1.54) is 42.3 Å². The van der Waals surface area contributed by atoms with Crippen LogP contribution in [0.1, 0.15) is 5.56 Å². The van der Waals surface area contributed by atoms with Crippen molar-refractivity contribution in [2.24, 2.45) is 0 Å². The molecule has 0 aliphatic rings. The van der Waals surface area contributed by atoms with Crippen molar-refractivity contribution in [1.82, 2.24) is 0 Å². The Hall–Kier alpha value is -2.94. The third-order valence-corrected chi connectivity index (χ3v) is 4.83. The van der Waals surface area contributed by atoms with E-state index in [4.69, 9.17) is 15.4 Å². The molecule has 1 aromatic carbocycles. The molecular formula is C16H13N3O3S. The molecule has 0 aliphatic heterocycles. The number of hydrogen-bond donors (Lipinski definition) is 0. The number of hydrogen-bond acceptors (Lipinski definition) is 4. The van der Waals surface area contributed by atoms with Crippen molar-refractivity contribution >= 4 is 21.4 Å². The van der Waals surface area contributed by atoms with E-state index >= 15 is 0 Å². The second-order valence-electron chi connectivity index (χ2n) is 4.59. The van der Waals surface area contributed by atoms with Crippen LogP contribution < -0.4 is 9.30 Å². The van der Waals surface area contributed by atoms with Gasteiger partial charge in [-0.2, -0.15) is 11.1 Å². The normalized spacial score (nSPS) is 10.4. The predicted octanol–water partition coefficient (Wildman–Crippen LogP) is 1.56. The fourth-order valence-electron chi connectivity index (χ4n) is 2.00. The van der Waals surface area contributed by atoms with Crippen LogP contribution in [0.15, 0.2) is 53.7 Å². The summed E-state index contributed by atoms with van der Waals surface area (Å²) < 4.78 is 31.3. The number of ether oxygens (including phenoxy) is 1. The van der Waals surface area contributed by atoms with Gasteiger partial charge in [-0.15, -0.1) is 4.57 Å². The maximum absolute atomic E-state index is 12.4. The van der Waals surface area contributed by atoms with Gasteiger partial charge < -0.3 is 10.1 Å². The van der Waals surface area contributed by atoms with E-state index in [1.54, 1.807) is 30.1 Å². The molecule has 6 nitrogen and oxygen atoms in total. The number of nitrogens with zero attached hydrogens (tertiary/aromatic N) is 3. The van der Waals surface area contributed by atoms with Gasteiger partial charge in [0.15, 0.2) is 27.9 Å². The summed E-state index contributed by atoms with van der Waals surface area (Å²) in [4.78, 5) is 0.222. The fraction of sp³-hybridized carbons (Fsp3) is 0.125. The molecule has 0 atom stereocenters.